The van der Waals surface area contributed by atoms with Crippen molar-refractivity contribution >= 4 is 62.8 Å². The molecule has 4 N–H and O–H groups in total. The zero-order chi connectivity index (χ0) is 41.7. The summed E-state index contributed by atoms with van der Waals surface area (Å²) in [6.07, 6.45) is 2.26. The molecule has 3 aliphatic heterocycles. The molecule has 5 heterocycles. The van der Waals surface area contributed by atoms with E-state index in [9.17, 15) is 24.3 Å². The summed E-state index contributed by atoms with van der Waals surface area (Å²) in [7, 11) is 1.51. The van der Waals surface area contributed by atoms with Crippen LogP contribution in [0, 0.1) is 11.3 Å². The predicted octanol–water partition coefficient (Wildman–Crippen LogP) is 6.41. The van der Waals surface area contributed by atoms with Crippen LogP contribution in [0.4, 0.5) is 9.93 Å². The van der Waals surface area contributed by atoms with Crippen molar-refractivity contribution in [2.45, 2.75) is 135 Å². The Morgan fingerprint density at radius 3 is 2.41 bits per heavy atom. The number of carboxylic acids is 1. The molecular weight excluding hydrogens is 788 g/mol. The van der Waals surface area contributed by atoms with Crippen LogP contribution in [-0.4, -0.2) is 106 Å². The Balaban J connectivity index is 1.19. The molecule has 3 saturated heterocycles. The van der Waals surface area contributed by atoms with Gasteiger partial charge < -0.3 is 44.9 Å². The van der Waals surface area contributed by atoms with Gasteiger partial charge in [-0.2, -0.15) is 0 Å². The molecule has 1 saturated carbocycles. The molecule has 15 nitrogen and oxygen atoms in total. The number of hydrogen-bond donors (Lipinski definition) is 4. The summed E-state index contributed by atoms with van der Waals surface area (Å²) >= 11 is 8.26. The average Bonchev–Trinajstić information content (AvgIpc) is 3.42. The van der Waals surface area contributed by atoms with E-state index in [2.05, 4.69) is 16.0 Å². The van der Waals surface area contributed by atoms with Crippen LogP contribution < -0.4 is 25.4 Å². The third-order valence-corrected chi connectivity index (χ3v) is 12.7. The number of pyridine rings is 1. The molecule has 3 amide bonds. The second-order valence-corrected chi connectivity index (χ2v) is 18.5. The third kappa shape index (κ3) is 8.51. The minimum Gasteiger partial charge on any atom is -0.495 e. The molecule has 4 fully saturated rings. The number of anilines is 1. The number of alkyl carbamates (subject to hydrolysis) is 1. The molecular formula is C41H53ClN6O9S. The standard InChI is InChI=1S/C41H53ClN6O9S/c1-8-21-17-41(21,37(51)52)47-35(49)29-15-25(18-48(29)36(50)34(40(4,5)6)46-39(53)57-24-13-22-9-10-23(14-24)55-22)56-31-16-27(28-19-58-38(45-28)43-20(2)3)44-33-26(31)11-12-30(54-7)32(33)42/h11-12,16,19-25,29,34H,8-10,13-15,17-18H2,1-7H3,(H,43,45)(H,46,53)(H,47,49)(H,51,52)/t21?,22-,23+,24?,25-,29?,34?,41-/m1/s1. The SMILES string of the molecule is CCC1C[C@]1(NC(=O)C1C[C@@H](Oc2cc(-c3csc(NC(C)C)n3)nc3c(Cl)c(OC)ccc23)CN1C(=O)C(NC(=O)OC1C[C@H]2CC[C@@H](C1)O2)C(C)(C)C)C(=O)O. The molecule has 314 valence electrons. The van der Waals surface area contributed by atoms with Crippen LogP contribution in [0.5, 0.6) is 11.5 Å². The summed E-state index contributed by atoms with van der Waals surface area (Å²) in [5.74, 6) is -1.67. The first-order valence-corrected chi connectivity index (χ1v) is 21.3. The number of fused-ring (bicyclic) bond motifs is 3. The smallest absolute Gasteiger partial charge is 0.408 e. The van der Waals surface area contributed by atoms with E-state index in [4.69, 9.17) is 40.5 Å². The van der Waals surface area contributed by atoms with Crippen LogP contribution in [0.25, 0.3) is 22.3 Å². The van der Waals surface area contributed by atoms with Crippen LogP contribution >= 0.6 is 22.9 Å². The van der Waals surface area contributed by atoms with Crippen LogP contribution in [0.3, 0.4) is 0 Å². The van der Waals surface area contributed by atoms with Crippen molar-refractivity contribution in [2.24, 2.45) is 11.3 Å². The number of carbonyl (C=O) groups excluding carboxylic acids is 3. The third-order valence-electron chi connectivity index (χ3n) is 11.6. The number of ether oxygens (including phenoxy) is 4. The second-order valence-electron chi connectivity index (χ2n) is 17.3. The number of nitrogens with zero attached hydrogens (tertiary/aromatic N) is 3. The first-order valence-electron chi connectivity index (χ1n) is 20.0. The lowest BCUT2D eigenvalue weighted by atomic mass is 9.85. The minimum atomic E-state index is -1.42. The Hall–Kier alpha value is -4.41. The van der Waals surface area contributed by atoms with E-state index < -0.39 is 53.0 Å². The summed E-state index contributed by atoms with van der Waals surface area (Å²) in [6.45, 7) is 11.3. The number of carboxylic acid groups (broad SMARTS) is 1. The number of carbonyl (C=O) groups is 4. The van der Waals surface area contributed by atoms with Gasteiger partial charge in [-0.15, -0.1) is 11.3 Å². The number of methoxy groups -OCH3 is 1. The molecule has 1 aliphatic carbocycles. The van der Waals surface area contributed by atoms with Gasteiger partial charge in [0, 0.05) is 42.1 Å². The number of aromatic nitrogens is 2. The lowest BCUT2D eigenvalue weighted by Crippen LogP contribution is -2.59. The fraction of sp³-hybridized carbons (Fsp3) is 0.610. The molecule has 1 aromatic carbocycles. The van der Waals surface area contributed by atoms with Crippen molar-refractivity contribution in [2.75, 3.05) is 19.0 Å². The van der Waals surface area contributed by atoms with Gasteiger partial charge in [0.25, 0.3) is 0 Å². The van der Waals surface area contributed by atoms with Crippen molar-refractivity contribution < 1.29 is 43.2 Å². The van der Waals surface area contributed by atoms with Crippen molar-refractivity contribution in [3.8, 4) is 22.9 Å². The van der Waals surface area contributed by atoms with Crippen molar-refractivity contribution in [3.05, 3.63) is 28.6 Å². The zero-order valence-corrected chi connectivity index (χ0v) is 35.5. The number of aliphatic carboxylic acids is 1. The van der Waals surface area contributed by atoms with Crippen LogP contribution in [0.1, 0.15) is 86.5 Å². The molecule has 2 aromatic heterocycles. The highest BCUT2D eigenvalue weighted by Crippen LogP contribution is 2.47. The van der Waals surface area contributed by atoms with E-state index in [1.165, 1.54) is 23.3 Å². The molecule has 8 atom stereocenters. The number of thiazole rings is 1. The molecule has 0 spiro atoms. The quantitative estimate of drug-likeness (QED) is 0.148. The summed E-state index contributed by atoms with van der Waals surface area (Å²) in [6, 6.07) is 3.21. The van der Waals surface area contributed by atoms with Gasteiger partial charge in [0.2, 0.25) is 11.8 Å². The Morgan fingerprint density at radius 1 is 1.07 bits per heavy atom. The maximum atomic E-state index is 14.8. The van der Waals surface area contributed by atoms with E-state index in [0.717, 1.165) is 18.0 Å². The first-order chi connectivity index (χ1) is 27.5. The summed E-state index contributed by atoms with van der Waals surface area (Å²) < 4.78 is 24.0. The van der Waals surface area contributed by atoms with Gasteiger partial charge in [-0.1, -0.05) is 45.7 Å². The highest BCUT2D eigenvalue weighted by Gasteiger charge is 2.61. The zero-order valence-electron chi connectivity index (χ0n) is 33.9. The number of benzene rings is 1. The lowest BCUT2D eigenvalue weighted by Gasteiger charge is -2.36. The molecule has 0 radical (unpaired) electrons. The van der Waals surface area contributed by atoms with E-state index in [0.29, 0.717) is 53.1 Å². The minimum absolute atomic E-state index is 0.0387. The van der Waals surface area contributed by atoms with Gasteiger partial charge in [0.05, 0.1) is 37.1 Å². The van der Waals surface area contributed by atoms with E-state index >= 15 is 0 Å². The highest BCUT2D eigenvalue weighted by molar-refractivity contribution is 7.14. The van der Waals surface area contributed by atoms with E-state index in [-0.39, 0.29) is 54.7 Å². The van der Waals surface area contributed by atoms with Crippen molar-refractivity contribution in [1.82, 2.24) is 25.5 Å². The van der Waals surface area contributed by atoms with Gasteiger partial charge in [-0.25, -0.2) is 19.6 Å². The number of halogens is 1. The molecule has 3 aromatic rings. The number of likely N-dealkylation sites (tertiary alicyclic amines) is 1. The highest BCUT2D eigenvalue weighted by atomic mass is 35.5. The second kappa shape index (κ2) is 16.3. The van der Waals surface area contributed by atoms with Gasteiger partial charge in [-0.3, -0.25) is 9.59 Å². The predicted molar refractivity (Wildman–Crippen MR) is 218 cm³/mol. The largest absolute Gasteiger partial charge is 0.495 e. The lowest BCUT2D eigenvalue weighted by molar-refractivity contribution is -0.146. The molecule has 58 heavy (non-hydrogen) atoms. The fourth-order valence-corrected chi connectivity index (χ4v) is 9.61. The Labute approximate surface area is 346 Å². The van der Waals surface area contributed by atoms with Crippen molar-refractivity contribution in [1.29, 1.82) is 0 Å². The molecule has 17 heteroatoms. The summed E-state index contributed by atoms with van der Waals surface area (Å²) in [5.41, 5.74) is -0.735. The van der Waals surface area contributed by atoms with Crippen LogP contribution in [0.2, 0.25) is 5.02 Å². The number of amides is 3. The average molecular weight is 841 g/mol. The Morgan fingerprint density at radius 2 is 1.79 bits per heavy atom. The van der Waals surface area contributed by atoms with Crippen molar-refractivity contribution in [3.63, 3.8) is 0 Å². The van der Waals surface area contributed by atoms with Gasteiger partial charge >= 0.3 is 12.1 Å². The Bertz CT molecular complexity index is 2060. The topological polar surface area (TPSA) is 191 Å². The number of hydrogen-bond acceptors (Lipinski definition) is 12. The molecule has 4 aliphatic rings. The maximum absolute atomic E-state index is 14.8. The molecule has 2 bridgehead atoms. The molecule has 4 unspecified atom stereocenters. The number of rotatable bonds is 13. The molecule has 7 rings (SSSR count). The summed E-state index contributed by atoms with van der Waals surface area (Å²) in [4.78, 5) is 65.9. The fourth-order valence-electron chi connectivity index (χ4n) is 8.47. The van der Waals surface area contributed by atoms with Gasteiger partial charge in [-0.05, 0) is 56.6 Å². The Kier molecular flexibility index (Phi) is 11.7. The monoisotopic (exact) mass is 840 g/mol. The summed E-state index contributed by atoms with van der Waals surface area (Å²) in [5, 5.41) is 22.6. The van der Waals surface area contributed by atoms with Crippen LogP contribution in [-0.2, 0) is 23.9 Å². The van der Waals surface area contributed by atoms with Gasteiger partial charge in [0.1, 0.15) is 52.0 Å². The van der Waals surface area contributed by atoms with Gasteiger partial charge in [0.15, 0.2) is 5.13 Å². The van der Waals surface area contributed by atoms with E-state index in [1.54, 1.807) is 18.2 Å². The maximum Gasteiger partial charge on any atom is 0.408 e. The normalized spacial score (nSPS) is 26.9. The van der Waals surface area contributed by atoms with Crippen LogP contribution in [0.15, 0.2) is 23.6 Å². The number of nitrogens with one attached hydrogen (secondary N) is 3. The first kappa shape index (κ1) is 41.7. The van der Waals surface area contributed by atoms with E-state index in [1.807, 2.05) is 46.9 Å².